The van der Waals surface area contributed by atoms with Gasteiger partial charge in [-0.2, -0.15) is 4.31 Å². The highest BCUT2D eigenvalue weighted by Gasteiger charge is 2.28. The van der Waals surface area contributed by atoms with E-state index in [4.69, 9.17) is 0 Å². The van der Waals surface area contributed by atoms with Crippen LogP contribution < -0.4 is 5.69 Å². The SMILES string of the molecule is C[C@@H](c1nc2ccccc2s1)N(C)S(=O)(=O)c1ccc2[nH]c(=O)[nH]c2c1. The first-order valence-corrected chi connectivity index (χ1v) is 10.2. The zero-order valence-electron chi connectivity index (χ0n) is 14.1. The average Bonchev–Trinajstić information content (AvgIpc) is 3.21. The Bertz CT molecular complexity index is 1240. The Hall–Kier alpha value is -2.49. The normalized spacial score (nSPS) is 13.7. The Morgan fingerprint density at radius 3 is 2.62 bits per heavy atom. The van der Waals surface area contributed by atoms with Crippen LogP contribution in [0.15, 0.2) is 52.2 Å². The number of hydrogen-bond donors (Lipinski definition) is 2. The number of thiazole rings is 1. The Labute approximate surface area is 153 Å². The summed E-state index contributed by atoms with van der Waals surface area (Å²) in [6, 6.07) is 11.8. The number of H-pyrrole nitrogens is 2. The van der Waals surface area contributed by atoms with Crippen LogP contribution in [0.1, 0.15) is 18.0 Å². The van der Waals surface area contributed by atoms with Crippen LogP contribution in [-0.2, 0) is 10.0 Å². The van der Waals surface area contributed by atoms with E-state index >= 15 is 0 Å². The number of imidazole rings is 1. The Morgan fingerprint density at radius 1 is 1.12 bits per heavy atom. The van der Waals surface area contributed by atoms with Gasteiger partial charge in [0.1, 0.15) is 5.01 Å². The molecule has 0 radical (unpaired) electrons. The second-order valence-electron chi connectivity index (χ2n) is 6.00. The van der Waals surface area contributed by atoms with E-state index in [1.165, 1.54) is 34.8 Å². The van der Waals surface area contributed by atoms with Crippen molar-refractivity contribution in [3.8, 4) is 0 Å². The summed E-state index contributed by atoms with van der Waals surface area (Å²) in [5.74, 6) is 0. The van der Waals surface area contributed by atoms with Crippen LogP contribution >= 0.6 is 11.3 Å². The van der Waals surface area contributed by atoms with Crippen molar-refractivity contribution in [3.05, 3.63) is 58.0 Å². The fourth-order valence-corrected chi connectivity index (χ4v) is 5.26. The topological polar surface area (TPSA) is 98.9 Å². The number of aromatic nitrogens is 3. The number of hydrogen-bond acceptors (Lipinski definition) is 5. The van der Waals surface area contributed by atoms with Gasteiger partial charge < -0.3 is 9.97 Å². The second-order valence-corrected chi connectivity index (χ2v) is 9.06. The molecule has 134 valence electrons. The molecule has 0 saturated carbocycles. The largest absolute Gasteiger partial charge is 0.323 e. The summed E-state index contributed by atoms with van der Waals surface area (Å²) >= 11 is 1.48. The molecule has 0 amide bonds. The predicted molar refractivity (Wildman–Crippen MR) is 102 cm³/mol. The molecule has 1 atom stereocenters. The van der Waals surface area contributed by atoms with Crippen molar-refractivity contribution >= 4 is 42.6 Å². The molecule has 2 aromatic carbocycles. The summed E-state index contributed by atoms with van der Waals surface area (Å²) in [4.78, 5) is 21.2. The fraction of sp³-hybridized carbons (Fsp3) is 0.176. The minimum Gasteiger partial charge on any atom is -0.306 e. The lowest BCUT2D eigenvalue weighted by atomic mass is 10.3. The summed E-state index contributed by atoms with van der Waals surface area (Å²) in [5, 5.41) is 0.730. The van der Waals surface area contributed by atoms with Crippen LogP contribution in [0.3, 0.4) is 0 Å². The molecule has 0 bridgehead atoms. The number of aromatic amines is 2. The van der Waals surface area contributed by atoms with Gasteiger partial charge >= 0.3 is 5.69 Å². The third-order valence-corrected chi connectivity index (χ3v) is 7.51. The summed E-state index contributed by atoms with van der Waals surface area (Å²) in [6.45, 7) is 1.81. The average molecular weight is 388 g/mol. The van der Waals surface area contributed by atoms with E-state index in [1.54, 1.807) is 6.07 Å². The molecule has 9 heteroatoms. The lowest BCUT2D eigenvalue weighted by molar-refractivity contribution is 0.398. The number of nitrogens with zero attached hydrogens (tertiary/aromatic N) is 2. The van der Waals surface area contributed by atoms with Crippen LogP contribution in [0, 0.1) is 0 Å². The van der Waals surface area contributed by atoms with Crippen molar-refractivity contribution in [2.75, 3.05) is 7.05 Å². The minimum atomic E-state index is -3.74. The first-order chi connectivity index (χ1) is 12.4. The van der Waals surface area contributed by atoms with Crippen molar-refractivity contribution in [1.29, 1.82) is 0 Å². The number of sulfonamides is 1. The molecule has 2 N–H and O–H groups in total. The molecule has 0 saturated heterocycles. The fourth-order valence-electron chi connectivity index (χ4n) is 2.77. The van der Waals surface area contributed by atoms with Crippen molar-refractivity contribution < 1.29 is 8.42 Å². The highest BCUT2D eigenvalue weighted by Crippen LogP contribution is 2.32. The lowest BCUT2D eigenvalue weighted by Crippen LogP contribution is -2.29. The monoisotopic (exact) mass is 388 g/mol. The third kappa shape index (κ3) is 2.74. The summed E-state index contributed by atoms with van der Waals surface area (Å²) in [6.07, 6.45) is 0. The molecule has 2 aromatic heterocycles. The number of nitrogens with one attached hydrogen (secondary N) is 2. The number of benzene rings is 2. The second kappa shape index (κ2) is 6.04. The Balaban J connectivity index is 1.72. The highest BCUT2D eigenvalue weighted by atomic mass is 32.2. The maximum atomic E-state index is 13.0. The van der Waals surface area contributed by atoms with E-state index in [-0.39, 0.29) is 10.6 Å². The van der Waals surface area contributed by atoms with Gasteiger partial charge in [-0.1, -0.05) is 12.1 Å². The number of rotatable bonds is 4. The van der Waals surface area contributed by atoms with Crippen molar-refractivity contribution in [3.63, 3.8) is 0 Å². The zero-order valence-corrected chi connectivity index (χ0v) is 15.7. The van der Waals surface area contributed by atoms with Crippen molar-refractivity contribution in [2.45, 2.75) is 17.9 Å². The van der Waals surface area contributed by atoms with Gasteiger partial charge in [-0.3, -0.25) is 0 Å². The van der Waals surface area contributed by atoms with Crippen LogP contribution in [0.5, 0.6) is 0 Å². The standard InChI is InChI=1S/C17H16N4O3S2/c1-10(16-18-13-5-3-4-6-15(13)25-16)21(2)26(23,24)11-7-8-12-14(9-11)20-17(22)19-12/h3-10H,1-2H3,(H2,19,20,22)/t10-/m0/s1. The van der Waals surface area contributed by atoms with E-state index in [0.29, 0.717) is 11.0 Å². The summed E-state index contributed by atoms with van der Waals surface area (Å²) in [5.41, 5.74) is 1.51. The van der Waals surface area contributed by atoms with Gasteiger partial charge in [0.25, 0.3) is 0 Å². The van der Waals surface area contributed by atoms with E-state index in [2.05, 4.69) is 15.0 Å². The highest BCUT2D eigenvalue weighted by molar-refractivity contribution is 7.89. The van der Waals surface area contributed by atoms with E-state index in [9.17, 15) is 13.2 Å². The molecule has 4 rings (SSSR count). The first kappa shape index (κ1) is 17.0. The summed E-state index contributed by atoms with van der Waals surface area (Å²) in [7, 11) is -2.20. The quantitative estimate of drug-likeness (QED) is 0.561. The smallest absolute Gasteiger partial charge is 0.306 e. The maximum absolute atomic E-state index is 13.0. The van der Waals surface area contributed by atoms with Gasteiger partial charge in [-0.25, -0.2) is 18.2 Å². The molecule has 26 heavy (non-hydrogen) atoms. The number of para-hydroxylation sites is 1. The molecule has 0 aliphatic rings. The van der Waals surface area contributed by atoms with Gasteiger partial charge in [0.2, 0.25) is 10.0 Å². The predicted octanol–water partition coefficient (Wildman–Crippen LogP) is 2.85. The number of fused-ring (bicyclic) bond motifs is 2. The molecule has 0 aliphatic carbocycles. The molecule has 7 nitrogen and oxygen atoms in total. The van der Waals surface area contributed by atoms with Crippen LogP contribution in [0.4, 0.5) is 0 Å². The molecular weight excluding hydrogens is 372 g/mol. The molecule has 0 unspecified atom stereocenters. The van der Waals surface area contributed by atoms with E-state index in [1.807, 2.05) is 31.2 Å². The summed E-state index contributed by atoms with van der Waals surface area (Å²) < 4.78 is 28.3. The Kier molecular flexibility index (Phi) is 3.94. The maximum Gasteiger partial charge on any atom is 0.323 e. The molecule has 4 aromatic rings. The van der Waals surface area contributed by atoms with Gasteiger partial charge in [0.15, 0.2) is 0 Å². The Morgan fingerprint density at radius 2 is 1.85 bits per heavy atom. The van der Waals surface area contributed by atoms with Gasteiger partial charge in [-0.05, 0) is 37.3 Å². The van der Waals surface area contributed by atoms with E-state index < -0.39 is 16.1 Å². The van der Waals surface area contributed by atoms with Gasteiger partial charge in [0.05, 0.1) is 32.2 Å². The van der Waals surface area contributed by atoms with E-state index in [0.717, 1.165) is 15.2 Å². The molecule has 2 heterocycles. The van der Waals surface area contributed by atoms with Crippen molar-refractivity contribution in [2.24, 2.45) is 0 Å². The van der Waals surface area contributed by atoms with Gasteiger partial charge in [0, 0.05) is 7.05 Å². The first-order valence-electron chi connectivity index (χ1n) is 7.92. The molecular formula is C17H16N4O3S2. The van der Waals surface area contributed by atoms with Crippen molar-refractivity contribution in [1.82, 2.24) is 19.3 Å². The molecule has 0 fully saturated rings. The minimum absolute atomic E-state index is 0.121. The van der Waals surface area contributed by atoms with Gasteiger partial charge in [-0.15, -0.1) is 11.3 Å². The molecule has 0 spiro atoms. The lowest BCUT2D eigenvalue weighted by Gasteiger charge is -2.22. The zero-order chi connectivity index (χ0) is 18.5. The van der Waals surface area contributed by atoms with Crippen LogP contribution in [-0.4, -0.2) is 34.7 Å². The van der Waals surface area contributed by atoms with Crippen LogP contribution in [0.2, 0.25) is 0 Å². The molecule has 0 aliphatic heterocycles. The third-order valence-electron chi connectivity index (χ3n) is 4.38. The van der Waals surface area contributed by atoms with Crippen LogP contribution in [0.25, 0.3) is 21.3 Å².